The van der Waals surface area contributed by atoms with Crippen LogP contribution in [-0.2, 0) is 19.2 Å². The molecule has 1 aromatic heterocycles. The molecule has 7 nitrogen and oxygen atoms in total. The number of aromatic nitrogens is 2. The summed E-state index contributed by atoms with van der Waals surface area (Å²) >= 11 is 0. The number of carbonyl (C=O) groups excluding carboxylic acids is 2. The lowest BCUT2D eigenvalue weighted by atomic mass is 9.82. The van der Waals surface area contributed by atoms with Crippen LogP contribution in [0.3, 0.4) is 0 Å². The number of benzene rings is 1. The number of esters is 1. The molecule has 1 aliphatic heterocycles. The Labute approximate surface area is 183 Å². The number of nitrogens with zero attached hydrogens (tertiary/aromatic N) is 2. The fourth-order valence-corrected chi connectivity index (χ4v) is 5.01. The topological polar surface area (TPSA) is 82.4 Å². The van der Waals surface area contributed by atoms with E-state index in [4.69, 9.17) is 9.57 Å². The molecule has 4 rings (SSSR count). The van der Waals surface area contributed by atoms with Gasteiger partial charge in [-0.3, -0.25) is 9.59 Å². The van der Waals surface area contributed by atoms with Crippen LogP contribution in [0, 0.1) is 5.92 Å². The lowest BCUT2D eigenvalue weighted by molar-refractivity contribution is -0.154. The van der Waals surface area contributed by atoms with Crippen molar-refractivity contribution in [3.8, 4) is 11.3 Å². The zero-order chi connectivity index (χ0) is 21.6. The van der Waals surface area contributed by atoms with E-state index in [-0.39, 0.29) is 36.9 Å². The molecule has 2 atom stereocenters. The minimum atomic E-state index is -0.366. The van der Waals surface area contributed by atoms with Crippen molar-refractivity contribution in [1.29, 1.82) is 0 Å². The fraction of sp³-hybridized carbons (Fsp3) is 0.542. The third-order valence-electron chi connectivity index (χ3n) is 6.49. The van der Waals surface area contributed by atoms with Crippen molar-refractivity contribution in [2.24, 2.45) is 5.92 Å². The molecule has 2 aromatic rings. The highest BCUT2D eigenvalue weighted by molar-refractivity contribution is 5.72. The minimum absolute atomic E-state index is 0.124. The van der Waals surface area contributed by atoms with Crippen LogP contribution in [0.4, 0.5) is 0 Å². The summed E-state index contributed by atoms with van der Waals surface area (Å²) in [6.45, 7) is 0. The van der Waals surface area contributed by atoms with E-state index in [1.807, 2.05) is 12.5 Å². The predicted molar refractivity (Wildman–Crippen MR) is 116 cm³/mol. The highest BCUT2D eigenvalue weighted by atomic mass is 16.7. The molecule has 0 spiro atoms. The molecule has 166 valence electrons. The van der Waals surface area contributed by atoms with Crippen molar-refractivity contribution < 1.29 is 19.2 Å². The van der Waals surface area contributed by atoms with Gasteiger partial charge in [-0.05, 0) is 30.7 Å². The van der Waals surface area contributed by atoms with Crippen molar-refractivity contribution in [1.82, 2.24) is 15.0 Å². The smallest absolute Gasteiger partial charge is 0.324 e. The van der Waals surface area contributed by atoms with E-state index in [0.717, 1.165) is 25.0 Å². The van der Waals surface area contributed by atoms with Gasteiger partial charge >= 0.3 is 11.9 Å². The van der Waals surface area contributed by atoms with Gasteiger partial charge in [0.1, 0.15) is 6.10 Å². The summed E-state index contributed by atoms with van der Waals surface area (Å²) in [5, 5.41) is 0. The molecular formula is C24H31N3O4. The summed E-state index contributed by atoms with van der Waals surface area (Å²) in [4.78, 5) is 33.2. The molecule has 2 heterocycles. The predicted octanol–water partition coefficient (Wildman–Crippen LogP) is 4.18. The molecule has 1 aromatic carbocycles. The van der Waals surface area contributed by atoms with E-state index in [2.05, 4.69) is 39.3 Å². The van der Waals surface area contributed by atoms with Gasteiger partial charge in [-0.25, -0.2) is 4.98 Å². The number of fused-ring (bicyclic) bond motifs is 3. The molecule has 1 saturated carbocycles. The molecular weight excluding hydrogens is 394 g/mol. The molecule has 31 heavy (non-hydrogen) atoms. The van der Waals surface area contributed by atoms with E-state index in [1.54, 1.807) is 0 Å². The summed E-state index contributed by atoms with van der Waals surface area (Å²) in [5.74, 6) is -0.217. The second-order valence-corrected chi connectivity index (χ2v) is 8.48. The Morgan fingerprint density at radius 3 is 2.74 bits per heavy atom. The number of hydrogen-bond acceptors (Lipinski definition) is 6. The Morgan fingerprint density at radius 1 is 1.16 bits per heavy atom. The lowest BCUT2D eigenvalue weighted by Gasteiger charge is -2.32. The van der Waals surface area contributed by atoms with Crippen LogP contribution in [0.2, 0.25) is 0 Å². The second kappa shape index (κ2) is 10.1. The van der Waals surface area contributed by atoms with Gasteiger partial charge < -0.3 is 14.1 Å². The van der Waals surface area contributed by atoms with Gasteiger partial charge in [-0.15, -0.1) is 0 Å². The Balaban J connectivity index is 1.45. The first-order valence-electron chi connectivity index (χ1n) is 11.3. The Morgan fingerprint density at radius 2 is 1.94 bits per heavy atom. The van der Waals surface area contributed by atoms with Gasteiger partial charge in [-0.2, -0.15) is 5.48 Å². The van der Waals surface area contributed by atoms with Crippen LogP contribution in [0.1, 0.15) is 69.4 Å². The van der Waals surface area contributed by atoms with Crippen molar-refractivity contribution in [2.45, 2.75) is 69.9 Å². The number of nitrogens with one attached hydrogen (secondary N) is 1. The maximum Gasteiger partial charge on any atom is 0.324 e. The van der Waals surface area contributed by atoms with E-state index in [1.165, 1.54) is 37.4 Å². The standard InChI is InChI=1S/C24H31N3O4/c1-25-31-24(29)13-7-12-23(28)30-22(17-8-3-2-4-9-17)14-20-18-10-5-6-11-19(18)21-15-26-16-27(20)21/h5-6,10-11,15-17,20,22,25H,2-4,7-9,12-14H2,1H3. The number of ether oxygens (including phenoxy) is 1. The fourth-order valence-electron chi connectivity index (χ4n) is 5.01. The SMILES string of the molecule is CNOC(=O)CCCC(=O)OC(CC1c2ccccc2-c2cncn21)C1CCCCC1. The maximum atomic E-state index is 12.6. The third kappa shape index (κ3) is 4.98. The van der Waals surface area contributed by atoms with Gasteiger partial charge in [0.25, 0.3) is 0 Å². The highest BCUT2D eigenvalue weighted by Crippen LogP contribution is 2.43. The van der Waals surface area contributed by atoms with Gasteiger partial charge in [0.2, 0.25) is 0 Å². The van der Waals surface area contributed by atoms with E-state index >= 15 is 0 Å². The van der Waals surface area contributed by atoms with Crippen LogP contribution in [0.15, 0.2) is 36.8 Å². The molecule has 1 aliphatic carbocycles. The minimum Gasteiger partial charge on any atom is -0.462 e. The van der Waals surface area contributed by atoms with Crippen LogP contribution in [-0.4, -0.2) is 34.6 Å². The zero-order valence-corrected chi connectivity index (χ0v) is 18.1. The molecule has 1 fully saturated rings. The second-order valence-electron chi connectivity index (χ2n) is 8.48. The van der Waals surface area contributed by atoms with Gasteiger partial charge in [0.05, 0.1) is 24.3 Å². The van der Waals surface area contributed by atoms with Crippen molar-refractivity contribution in [3.05, 3.63) is 42.4 Å². The third-order valence-corrected chi connectivity index (χ3v) is 6.49. The summed E-state index contributed by atoms with van der Waals surface area (Å²) in [5.41, 5.74) is 5.96. The molecule has 7 heteroatoms. The van der Waals surface area contributed by atoms with Crippen LogP contribution in [0.25, 0.3) is 11.3 Å². The summed E-state index contributed by atoms with van der Waals surface area (Å²) in [6.07, 6.45) is 11.1. The Hall–Kier alpha value is -2.67. The number of rotatable bonds is 9. The molecule has 0 bridgehead atoms. The van der Waals surface area contributed by atoms with Crippen LogP contribution < -0.4 is 5.48 Å². The maximum absolute atomic E-state index is 12.6. The Bertz CT molecular complexity index is 904. The zero-order valence-electron chi connectivity index (χ0n) is 18.1. The van der Waals surface area contributed by atoms with Gasteiger partial charge in [0.15, 0.2) is 0 Å². The van der Waals surface area contributed by atoms with Crippen molar-refractivity contribution in [2.75, 3.05) is 7.05 Å². The highest BCUT2D eigenvalue weighted by Gasteiger charge is 2.35. The number of imidazole rings is 1. The lowest BCUT2D eigenvalue weighted by Crippen LogP contribution is -2.31. The normalized spacial score (nSPS) is 18.8. The molecule has 0 radical (unpaired) electrons. The van der Waals surface area contributed by atoms with E-state index in [0.29, 0.717) is 12.3 Å². The first-order valence-corrected chi connectivity index (χ1v) is 11.3. The number of carbonyl (C=O) groups is 2. The molecule has 2 unspecified atom stereocenters. The van der Waals surface area contributed by atoms with E-state index < -0.39 is 0 Å². The molecule has 0 amide bonds. The van der Waals surface area contributed by atoms with Crippen molar-refractivity contribution >= 4 is 11.9 Å². The van der Waals surface area contributed by atoms with E-state index in [9.17, 15) is 9.59 Å². The first-order chi connectivity index (χ1) is 15.2. The summed E-state index contributed by atoms with van der Waals surface area (Å²) < 4.78 is 8.27. The average Bonchev–Trinajstić information content (AvgIpc) is 3.37. The number of hydrogen-bond donors (Lipinski definition) is 1. The molecule has 1 N–H and O–H groups in total. The van der Waals surface area contributed by atoms with Crippen molar-refractivity contribution in [3.63, 3.8) is 0 Å². The van der Waals surface area contributed by atoms with Gasteiger partial charge in [0, 0.05) is 31.9 Å². The largest absolute Gasteiger partial charge is 0.462 e. The molecule has 0 saturated heterocycles. The average molecular weight is 426 g/mol. The Kier molecular flexibility index (Phi) is 7.02. The molecule has 2 aliphatic rings. The quantitative estimate of drug-likeness (QED) is 0.479. The number of hydroxylamine groups is 1. The monoisotopic (exact) mass is 425 g/mol. The van der Waals surface area contributed by atoms with Crippen LogP contribution >= 0.6 is 0 Å². The van der Waals surface area contributed by atoms with Crippen LogP contribution in [0.5, 0.6) is 0 Å². The summed E-state index contributed by atoms with van der Waals surface area (Å²) in [6, 6.07) is 8.54. The van der Waals surface area contributed by atoms with Gasteiger partial charge in [-0.1, -0.05) is 43.5 Å². The first kappa shape index (κ1) is 21.6. The summed E-state index contributed by atoms with van der Waals surface area (Å²) in [7, 11) is 1.54.